The first-order chi connectivity index (χ1) is 9.10. The first-order valence-corrected chi connectivity index (χ1v) is 7.54. The van der Waals surface area contributed by atoms with Gasteiger partial charge in [0, 0.05) is 0 Å². The lowest BCUT2D eigenvalue weighted by Crippen LogP contribution is -2.50. The van der Waals surface area contributed by atoms with Crippen LogP contribution in [0.3, 0.4) is 0 Å². The van der Waals surface area contributed by atoms with E-state index < -0.39 is 0 Å². The van der Waals surface area contributed by atoms with E-state index in [1.54, 1.807) is 0 Å². The van der Waals surface area contributed by atoms with E-state index in [-0.39, 0.29) is 11.6 Å². The lowest BCUT2D eigenvalue weighted by atomic mass is 9.74. The lowest BCUT2D eigenvalue weighted by molar-refractivity contribution is -0.0336. The molecule has 1 N–H and O–H groups in total. The molecule has 0 saturated heterocycles. The molecule has 1 aliphatic rings. The van der Waals surface area contributed by atoms with Crippen LogP contribution in [0.4, 0.5) is 0 Å². The van der Waals surface area contributed by atoms with E-state index in [9.17, 15) is 5.11 Å². The van der Waals surface area contributed by atoms with Crippen LogP contribution in [0.5, 0.6) is 0 Å². The molecule has 0 bridgehead atoms. The summed E-state index contributed by atoms with van der Waals surface area (Å²) in [5.74, 6) is 0. The predicted octanol–water partition coefficient (Wildman–Crippen LogP) is 3.55. The fraction of sp³-hybridized carbons (Fsp3) is 0.647. The molecule has 1 atom stereocenters. The van der Waals surface area contributed by atoms with Crippen molar-refractivity contribution >= 4 is 0 Å². The van der Waals surface area contributed by atoms with E-state index in [1.807, 2.05) is 0 Å². The van der Waals surface area contributed by atoms with Gasteiger partial charge in [-0.15, -0.1) is 0 Å². The summed E-state index contributed by atoms with van der Waals surface area (Å²) in [7, 11) is 4.22. The molecule has 1 unspecified atom stereocenters. The Morgan fingerprint density at radius 2 is 1.89 bits per heavy atom. The number of rotatable bonds is 4. The molecule has 1 saturated carbocycles. The van der Waals surface area contributed by atoms with Crippen molar-refractivity contribution in [1.29, 1.82) is 0 Å². The minimum atomic E-state index is -0.380. The number of hydrogen-bond donors (Lipinski definition) is 1. The molecule has 1 aliphatic carbocycles. The average molecular weight is 261 g/mol. The maximum Gasteiger partial charge on any atom is 0.0973 e. The van der Waals surface area contributed by atoms with Gasteiger partial charge in [0.05, 0.1) is 11.6 Å². The van der Waals surface area contributed by atoms with E-state index in [1.165, 1.54) is 24.8 Å². The Kier molecular flexibility index (Phi) is 4.64. The summed E-state index contributed by atoms with van der Waals surface area (Å²) in [4.78, 5) is 2.25. The maximum absolute atomic E-state index is 10.9. The molecule has 0 spiro atoms. The first kappa shape index (κ1) is 14.5. The Balaban J connectivity index is 2.30. The third kappa shape index (κ3) is 2.85. The lowest BCUT2D eigenvalue weighted by Gasteiger charge is -2.46. The van der Waals surface area contributed by atoms with Crippen molar-refractivity contribution in [1.82, 2.24) is 4.90 Å². The van der Waals surface area contributed by atoms with Gasteiger partial charge in [0.25, 0.3) is 0 Å². The van der Waals surface area contributed by atoms with Crippen LogP contribution in [0.2, 0.25) is 0 Å². The molecule has 2 rings (SSSR count). The monoisotopic (exact) mass is 261 g/mol. The highest BCUT2D eigenvalue weighted by atomic mass is 16.3. The van der Waals surface area contributed by atoms with E-state index in [2.05, 4.69) is 50.2 Å². The quantitative estimate of drug-likeness (QED) is 0.896. The zero-order chi connectivity index (χ0) is 13.9. The number of aryl methyl sites for hydroxylation is 1. The number of aliphatic hydroxyl groups excluding tert-OH is 1. The van der Waals surface area contributed by atoms with E-state index >= 15 is 0 Å². The second kappa shape index (κ2) is 6.06. The molecule has 0 heterocycles. The fourth-order valence-electron chi connectivity index (χ4n) is 3.42. The number of aliphatic hydroxyl groups is 1. The zero-order valence-electron chi connectivity index (χ0n) is 12.5. The topological polar surface area (TPSA) is 23.5 Å². The van der Waals surface area contributed by atoms with Gasteiger partial charge >= 0.3 is 0 Å². The third-order valence-electron chi connectivity index (χ3n) is 4.79. The molecular weight excluding hydrogens is 234 g/mol. The van der Waals surface area contributed by atoms with Crippen molar-refractivity contribution in [2.45, 2.75) is 57.1 Å². The average Bonchev–Trinajstić information content (AvgIpc) is 2.47. The molecule has 2 heteroatoms. The smallest absolute Gasteiger partial charge is 0.0973 e. The van der Waals surface area contributed by atoms with Crippen LogP contribution in [0.25, 0.3) is 0 Å². The Morgan fingerprint density at radius 3 is 2.47 bits per heavy atom. The summed E-state index contributed by atoms with van der Waals surface area (Å²) in [6.45, 7) is 2.16. The van der Waals surface area contributed by atoms with Gasteiger partial charge < -0.3 is 10.0 Å². The van der Waals surface area contributed by atoms with Crippen molar-refractivity contribution in [2.24, 2.45) is 0 Å². The molecule has 2 nitrogen and oxygen atoms in total. The summed E-state index contributed by atoms with van der Waals surface area (Å²) in [6.07, 6.45) is 6.59. The summed E-state index contributed by atoms with van der Waals surface area (Å²) < 4.78 is 0. The summed E-state index contributed by atoms with van der Waals surface area (Å²) in [5.41, 5.74) is 2.31. The van der Waals surface area contributed by atoms with Crippen LogP contribution >= 0.6 is 0 Å². The standard InChI is InChI=1S/C17H27NO/c1-4-14-9-8-10-15(13-14)16(19)17(18(2)3)11-6-5-7-12-17/h8-10,13,16,19H,4-7,11-12H2,1-3H3. The SMILES string of the molecule is CCc1cccc(C(O)C2(N(C)C)CCCCC2)c1. The second-order valence-electron chi connectivity index (χ2n) is 6.06. The van der Waals surface area contributed by atoms with Crippen LogP contribution in [-0.2, 0) is 6.42 Å². The Bertz CT molecular complexity index is 407. The number of nitrogens with zero attached hydrogens (tertiary/aromatic N) is 1. The Morgan fingerprint density at radius 1 is 1.21 bits per heavy atom. The van der Waals surface area contributed by atoms with Crippen molar-refractivity contribution in [3.63, 3.8) is 0 Å². The second-order valence-corrected chi connectivity index (χ2v) is 6.06. The van der Waals surface area contributed by atoms with Crippen LogP contribution in [0.15, 0.2) is 24.3 Å². The highest BCUT2D eigenvalue weighted by Gasteiger charge is 2.41. The van der Waals surface area contributed by atoms with Crippen LogP contribution in [0, 0.1) is 0 Å². The van der Waals surface area contributed by atoms with Gasteiger partial charge in [-0.2, -0.15) is 0 Å². The molecule has 1 aromatic carbocycles. The Hall–Kier alpha value is -0.860. The largest absolute Gasteiger partial charge is 0.386 e. The van der Waals surface area contributed by atoms with Crippen molar-refractivity contribution < 1.29 is 5.11 Å². The van der Waals surface area contributed by atoms with Crippen molar-refractivity contribution in [2.75, 3.05) is 14.1 Å². The molecule has 0 radical (unpaired) electrons. The highest BCUT2D eigenvalue weighted by Crippen LogP contribution is 2.42. The molecule has 19 heavy (non-hydrogen) atoms. The minimum Gasteiger partial charge on any atom is -0.386 e. The summed E-state index contributed by atoms with van der Waals surface area (Å²) in [6, 6.07) is 8.46. The molecule has 0 aromatic heterocycles. The highest BCUT2D eigenvalue weighted by molar-refractivity contribution is 5.27. The Labute approximate surface area is 117 Å². The molecule has 1 aromatic rings. The normalized spacial score (nSPS) is 20.5. The number of likely N-dealkylation sites (N-methyl/N-ethyl adjacent to an activating group) is 1. The van der Waals surface area contributed by atoms with Gasteiger partial charge in [-0.05, 0) is 44.5 Å². The van der Waals surface area contributed by atoms with Gasteiger partial charge in [0.15, 0.2) is 0 Å². The van der Waals surface area contributed by atoms with Gasteiger partial charge in [-0.25, -0.2) is 0 Å². The van der Waals surface area contributed by atoms with Crippen LogP contribution in [-0.4, -0.2) is 29.6 Å². The van der Waals surface area contributed by atoms with E-state index in [0.29, 0.717) is 0 Å². The van der Waals surface area contributed by atoms with Gasteiger partial charge in [0.1, 0.15) is 0 Å². The predicted molar refractivity (Wildman–Crippen MR) is 80.3 cm³/mol. The summed E-state index contributed by atoms with van der Waals surface area (Å²) in [5, 5.41) is 10.9. The van der Waals surface area contributed by atoms with Crippen molar-refractivity contribution in [3.8, 4) is 0 Å². The van der Waals surface area contributed by atoms with Gasteiger partial charge in [-0.1, -0.05) is 50.5 Å². The van der Waals surface area contributed by atoms with Gasteiger partial charge in [-0.3, -0.25) is 0 Å². The molecule has 0 amide bonds. The third-order valence-corrected chi connectivity index (χ3v) is 4.79. The molecule has 0 aliphatic heterocycles. The molecular formula is C17H27NO. The zero-order valence-corrected chi connectivity index (χ0v) is 12.5. The fourth-order valence-corrected chi connectivity index (χ4v) is 3.42. The first-order valence-electron chi connectivity index (χ1n) is 7.54. The van der Waals surface area contributed by atoms with Crippen molar-refractivity contribution in [3.05, 3.63) is 35.4 Å². The summed E-state index contributed by atoms with van der Waals surface area (Å²) >= 11 is 0. The van der Waals surface area contributed by atoms with Gasteiger partial charge in [0.2, 0.25) is 0 Å². The van der Waals surface area contributed by atoms with E-state index in [4.69, 9.17) is 0 Å². The molecule has 106 valence electrons. The van der Waals surface area contributed by atoms with Crippen LogP contribution < -0.4 is 0 Å². The maximum atomic E-state index is 10.9. The minimum absolute atomic E-state index is 0.0788. The van der Waals surface area contributed by atoms with E-state index in [0.717, 1.165) is 24.8 Å². The number of hydrogen-bond acceptors (Lipinski definition) is 2. The van der Waals surface area contributed by atoms with Crippen LogP contribution in [0.1, 0.15) is 56.3 Å². The number of benzene rings is 1. The molecule has 1 fully saturated rings.